The Morgan fingerprint density at radius 3 is 2.50 bits per heavy atom. The Bertz CT molecular complexity index is 930. The number of piperazine rings is 1. The molecule has 0 aromatic heterocycles. The number of rotatable bonds is 6. The summed E-state index contributed by atoms with van der Waals surface area (Å²) in [4.78, 5) is 55.8. The number of ether oxygens (including phenoxy) is 1. The van der Waals surface area contributed by atoms with Crippen LogP contribution in [0.25, 0.3) is 0 Å². The molecule has 0 radical (unpaired) electrons. The highest BCUT2D eigenvalue weighted by Gasteiger charge is 2.55. The van der Waals surface area contributed by atoms with Gasteiger partial charge < -0.3 is 15.0 Å². The van der Waals surface area contributed by atoms with E-state index in [1.165, 1.54) is 12.5 Å². The summed E-state index contributed by atoms with van der Waals surface area (Å²) in [7, 11) is 0. The van der Waals surface area contributed by atoms with Gasteiger partial charge in [0.2, 0.25) is 0 Å². The van der Waals surface area contributed by atoms with Crippen molar-refractivity contribution in [2.45, 2.75) is 57.7 Å². The molecule has 3 fully saturated rings. The van der Waals surface area contributed by atoms with E-state index < -0.39 is 30.2 Å². The fourth-order valence-corrected chi connectivity index (χ4v) is 5.28. The van der Waals surface area contributed by atoms with E-state index in [9.17, 15) is 19.2 Å². The molecule has 2 aliphatic heterocycles. The van der Waals surface area contributed by atoms with Gasteiger partial charge in [-0.25, -0.2) is 4.79 Å². The van der Waals surface area contributed by atoms with E-state index in [4.69, 9.17) is 4.74 Å². The molecule has 1 spiro atoms. The smallest absolute Gasteiger partial charge is 0.327 e. The van der Waals surface area contributed by atoms with Gasteiger partial charge in [0, 0.05) is 32.7 Å². The van der Waals surface area contributed by atoms with Crippen LogP contribution in [-0.2, 0) is 25.7 Å². The monoisotopic (exact) mass is 470 g/mol. The van der Waals surface area contributed by atoms with Crippen molar-refractivity contribution < 1.29 is 23.9 Å². The van der Waals surface area contributed by atoms with E-state index in [-0.39, 0.29) is 17.7 Å². The first-order valence-electron chi connectivity index (χ1n) is 12.2. The third-order valence-corrected chi connectivity index (χ3v) is 7.38. The average Bonchev–Trinajstić information content (AvgIpc) is 3.06. The van der Waals surface area contributed by atoms with E-state index in [0.29, 0.717) is 19.5 Å². The van der Waals surface area contributed by atoms with Gasteiger partial charge in [0.1, 0.15) is 12.1 Å². The topological polar surface area (TPSA) is 99.3 Å². The van der Waals surface area contributed by atoms with E-state index in [0.717, 1.165) is 43.8 Å². The molecule has 4 rings (SSSR count). The molecule has 4 amide bonds. The zero-order chi connectivity index (χ0) is 24.3. The zero-order valence-corrected chi connectivity index (χ0v) is 20.0. The molecule has 1 aromatic carbocycles. The predicted molar refractivity (Wildman–Crippen MR) is 124 cm³/mol. The van der Waals surface area contributed by atoms with Crippen LogP contribution >= 0.6 is 0 Å². The van der Waals surface area contributed by atoms with Crippen LogP contribution in [0, 0.1) is 5.92 Å². The minimum absolute atomic E-state index is 0.0137. The van der Waals surface area contributed by atoms with Crippen molar-refractivity contribution in [3.05, 3.63) is 35.9 Å². The lowest BCUT2D eigenvalue weighted by Crippen LogP contribution is -2.54. The number of hydrogen-bond donors (Lipinski definition) is 1. The molecule has 3 aliphatic rings. The van der Waals surface area contributed by atoms with Crippen molar-refractivity contribution in [3.8, 4) is 0 Å². The second kappa shape index (κ2) is 10.1. The molecule has 1 N–H and O–H groups in total. The van der Waals surface area contributed by atoms with Crippen LogP contribution in [-0.4, -0.2) is 82.9 Å². The summed E-state index contributed by atoms with van der Waals surface area (Å²) in [5, 5.41) is 2.82. The van der Waals surface area contributed by atoms with E-state index >= 15 is 0 Å². The minimum atomic E-state index is -0.975. The molecule has 1 aromatic rings. The summed E-state index contributed by atoms with van der Waals surface area (Å²) in [5.74, 6) is -1.37. The van der Waals surface area contributed by atoms with Crippen molar-refractivity contribution >= 4 is 23.8 Å². The number of benzene rings is 1. The molecule has 1 saturated carbocycles. The lowest BCUT2D eigenvalue weighted by Gasteiger charge is -2.36. The van der Waals surface area contributed by atoms with Crippen LogP contribution in [0.4, 0.5) is 4.79 Å². The molecule has 2 saturated heterocycles. The number of nitrogens with one attached hydrogen (secondary N) is 1. The van der Waals surface area contributed by atoms with E-state index in [2.05, 4.69) is 22.3 Å². The molecule has 34 heavy (non-hydrogen) atoms. The predicted octanol–water partition coefficient (Wildman–Crippen LogP) is 1.76. The Hall–Kier alpha value is -2.94. The summed E-state index contributed by atoms with van der Waals surface area (Å²) in [6.45, 7) is 6.43. The minimum Gasteiger partial charge on any atom is -0.451 e. The number of esters is 1. The van der Waals surface area contributed by atoms with Gasteiger partial charge >= 0.3 is 12.0 Å². The quantitative estimate of drug-likeness (QED) is 0.503. The standard InChI is InChI=1S/C25H34N4O5/c1-18-8-6-7-11-25(18)23(32)29(24(33)26-25)17-21(30)34-19(2)22(31)28-14-12-27(13-15-28)16-20-9-4-3-5-10-20/h3-5,9-10,18-19H,6-8,11-17H2,1-2H3,(H,26,33). The van der Waals surface area contributed by atoms with Crippen molar-refractivity contribution in [3.63, 3.8) is 0 Å². The Labute approximate surface area is 200 Å². The number of urea groups is 1. The fourth-order valence-electron chi connectivity index (χ4n) is 5.28. The first-order chi connectivity index (χ1) is 16.3. The van der Waals surface area contributed by atoms with Crippen LogP contribution in [0.2, 0.25) is 0 Å². The molecule has 1 aliphatic carbocycles. The number of imide groups is 1. The fraction of sp³-hybridized carbons (Fsp3) is 0.600. The number of amides is 4. The third kappa shape index (κ3) is 4.94. The molecule has 3 atom stereocenters. The van der Waals surface area contributed by atoms with Gasteiger partial charge in [0.05, 0.1) is 0 Å². The number of carbonyl (C=O) groups is 4. The average molecular weight is 471 g/mol. The van der Waals surface area contributed by atoms with Gasteiger partial charge in [0.15, 0.2) is 6.10 Å². The highest BCUT2D eigenvalue weighted by atomic mass is 16.5. The normalized spacial score (nSPS) is 26.5. The zero-order valence-electron chi connectivity index (χ0n) is 20.0. The maximum absolute atomic E-state index is 13.0. The Morgan fingerprint density at radius 1 is 1.12 bits per heavy atom. The maximum atomic E-state index is 13.0. The molecule has 9 heteroatoms. The summed E-state index contributed by atoms with van der Waals surface area (Å²) in [6.07, 6.45) is 2.34. The van der Waals surface area contributed by atoms with E-state index in [1.807, 2.05) is 25.1 Å². The van der Waals surface area contributed by atoms with Crippen molar-refractivity contribution in [1.29, 1.82) is 0 Å². The molecule has 0 bridgehead atoms. The van der Waals surface area contributed by atoms with E-state index in [1.54, 1.807) is 4.90 Å². The first kappa shape index (κ1) is 24.2. The summed E-state index contributed by atoms with van der Waals surface area (Å²) < 4.78 is 5.33. The Morgan fingerprint density at radius 2 is 1.82 bits per heavy atom. The summed E-state index contributed by atoms with van der Waals surface area (Å²) >= 11 is 0. The highest BCUT2D eigenvalue weighted by molar-refractivity contribution is 6.09. The molecule has 2 heterocycles. The number of nitrogens with zero attached hydrogens (tertiary/aromatic N) is 3. The Kier molecular flexibility index (Phi) is 7.21. The first-order valence-corrected chi connectivity index (χ1v) is 12.2. The van der Waals surface area contributed by atoms with Gasteiger partial charge in [-0.3, -0.25) is 24.2 Å². The van der Waals surface area contributed by atoms with Crippen LogP contribution in [0.15, 0.2) is 30.3 Å². The van der Waals surface area contributed by atoms with Crippen molar-refractivity contribution in [2.75, 3.05) is 32.7 Å². The van der Waals surface area contributed by atoms with Crippen LogP contribution in [0.1, 0.15) is 45.1 Å². The van der Waals surface area contributed by atoms with Gasteiger partial charge in [-0.15, -0.1) is 0 Å². The molecule has 184 valence electrons. The SMILES string of the molecule is CC(OC(=O)CN1C(=O)NC2(CCCCC2C)C1=O)C(=O)N1CCN(Cc2ccccc2)CC1. The van der Waals surface area contributed by atoms with Gasteiger partial charge in [-0.2, -0.15) is 0 Å². The van der Waals surface area contributed by atoms with Gasteiger partial charge in [-0.1, -0.05) is 50.1 Å². The molecular formula is C25H34N4O5. The molecule has 3 unspecified atom stereocenters. The Balaban J connectivity index is 1.25. The lowest BCUT2D eigenvalue weighted by molar-refractivity contribution is -0.161. The maximum Gasteiger partial charge on any atom is 0.327 e. The second-order valence-electron chi connectivity index (χ2n) is 9.66. The third-order valence-electron chi connectivity index (χ3n) is 7.38. The van der Waals surface area contributed by atoms with Crippen molar-refractivity contribution in [1.82, 2.24) is 20.0 Å². The van der Waals surface area contributed by atoms with Crippen LogP contribution in [0.3, 0.4) is 0 Å². The second-order valence-corrected chi connectivity index (χ2v) is 9.66. The number of carbonyl (C=O) groups excluding carboxylic acids is 4. The van der Waals surface area contributed by atoms with Crippen molar-refractivity contribution in [2.24, 2.45) is 5.92 Å². The van der Waals surface area contributed by atoms with Gasteiger partial charge in [-0.05, 0) is 31.2 Å². The summed E-state index contributed by atoms with van der Waals surface area (Å²) in [5.41, 5.74) is 0.311. The van der Waals surface area contributed by atoms with Crippen LogP contribution in [0.5, 0.6) is 0 Å². The van der Waals surface area contributed by atoms with Crippen LogP contribution < -0.4 is 5.32 Å². The summed E-state index contributed by atoms with van der Waals surface area (Å²) in [6, 6.07) is 9.62. The lowest BCUT2D eigenvalue weighted by atomic mass is 9.73. The molecular weight excluding hydrogens is 436 g/mol. The molecule has 9 nitrogen and oxygen atoms in total. The number of hydrogen-bond acceptors (Lipinski definition) is 6. The highest BCUT2D eigenvalue weighted by Crippen LogP contribution is 2.38. The largest absolute Gasteiger partial charge is 0.451 e. The van der Waals surface area contributed by atoms with Gasteiger partial charge in [0.25, 0.3) is 11.8 Å².